The Hall–Kier alpha value is -3.15. The van der Waals surface area contributed by atoms with E-state index in [2.05, 4.69) is 93.6 Å². The van der Waals surface area contributed by atoms with E-state index >= 15 is 0 Å². The van der Waals surface area contributed by atoms with Crippen molar-refractivity contribution in [2.75, 3.05) is 33.3 Å². The van der Waals surface area contributed by atoms with E-state index in [1.54, 1.807) is 7.11 Å². The van der Waals surface area contributed by atoms with Gasteiger partial charge < -0.3 is 14.6 Å². The van der Waals surface area contributed by atoms with Gasteiger partial charge in [-0.2, -0.15) is 0 Å². The van der Waals surface area contributed by atoms with Crippen molar-refractivity contribution < 1.29 is 4.74 Å². The Morgan fingerprint density at radius 3 is 2.35 bits per heavy atom. The van der Waals surface area contributed by atoms with Crippen molar-refractivity contribution in [3.05, 3.63) is 95.8 Å². The van der Waals surface area contributed by atoms with Crippen LogP contribution >= 0.6 is 0 Å². The van der Waals surface area contributed by atoms with Crippen LogP contribution in [0.25, 0.3) is 11.0 Å². The predicted octanol–water partition coefficient (Wildman–Crippen LogP) is 4.09. The molecule has 31 heavy (non-hydrogen) atoms. The zero-order valence-corrected chi connectivity index (χ0v) is 17.9. The van der Waals surface area contributed by atoms with Crippen LogP contribution in [0.15, 0.2) is 78.9 Å². The Morgan fingerprint density at radius 2 is 1.61 bits per heavy atom. The van der Waals surface area contributed by atoms with Crippen LogP contribution < -0.4 is 10.1 Å². The van der Waals surface area contributed by atoms with Crippen LogP contribution in [0, 0.1) is 0 Å². The highest BCUT2D eigenvalue weighted by molar-refractivity contribution is 5.76. The fourth-order valence-corrected chi connectivity index (χ4v) is 4.48. The van der Waals surface area contributed by atoms with E-state index in [4.69, 9.17) is 9.72 Å². The van der Waals surface area contributed by atoms with Crippen LogP contribution in [-0.2, 0) is 6.54 Å². The molecule has 1 N–H and O–H groups in total. The minimum absolute atomic E-state index is 0.0871. The number of rotatable bonds is 6. The molecule has 1 unspecified atom stereocenters. The summed E-state index contributed by atoms with van der Waals surface area (Å²) in [5.74, 6) is 1.97. The minimum atomic E-state index is 0.0871. The summed E-state index contributed by atoms with van der Waals surface area (Å²) in [6, 6.07) is 27.6. The third-order valence-electron chi connectivity index (χ3n) is 6.06. The van der Waals surface area contributed by atoms with E-state index in [1.807, 2.05) is 0 Å². The van der Waals surface area contributed by atoms with E-state index in [0.29, 0.717) is 0 Å². The molecule has 1 aliphatic rings. The molecule has 5 rings (SSSR count). The maximum Gasteiger partial charge on any atom is 0.132 e. The van der Waals surface area contributed by atoms with Crippen LogP contribution in [0.3, 0.4) is 0 Å². The van der Waals surface area contributed by atoms with Crippen molar-refractivity contribution >= 4 is 11.0 Å². The molecule has 0 spiro atoms. The molecule has 1 saturated heterocycles. The lowest BCUT2D eigenvalue weighted by molar-refractivity contribution is 0.190. The third kappa shape index (κ3) is 4.07. The number of nitrogens with zero attached hydrogens (tertiary/aromatic N) is 3. The summed E-state index contributed by atoms with van der Waals surface area (Å²) in [6.07, 6.45) is 0. The number of fused-ring (bicyclic) bond motifs is 1. The van der Waals surface area contributed by atoms with Crippen LogP contribution in [0.5, 0.6) is 5.75 Å². The maximum absolute atomic E-state index is 5.41. The molecular formula is C26H28N4O. The topological polar surface area (TPSA) is 42.3 Å². The lowest BCUT2D eigenvalue weighted by Crippen LogP contribution is -2.46. The first-order valence-electron chi connectivity index (χ1n) is 10.9. The van der Waals surface area contributed by atoms with Gasteiger partial charge >= 0.3 is 0 Å². The van der Waals surface area contributed by atoms with Crippen molar-refractivity contribution in [2.45, 2.75) is 12.6 Å². The van der Waals surface area contributed by atoms with E-state index in [0.717, 1.165) is 49.8 Å². The Morgan fingerprint density at radius 1 is 0.903 bits per heavy atom. The standard InChI is InChI=1S/C26H28N4O/c1-31-22-13-11-21(12-14-22)25(29-17-15-27-16-18-29)26-28-23-9-5-6-10-24(23)30(26)19-20-7-3-2-4-8-20/h2-14,25,27H,15-19H2,1H3. The molecule has 0 aliphatic carbocycles. The van der Waals surface area contributed by atoms with Crippen molar-refractivity contribution in [1.82, 2.24) is 19.8 Å². The van der Waals surface area contributed by atoms with Crippen molar-refractivity contribution in [3.63, 3.8) is 0 Å². The highest BCUT2D eigenvalue weighted by Crippen LogP contribution is 2.32. The summed E-state index contributed by atoms with van der Waals surface area (Å²) in [7, 11) is 1.71. The fourth-order valence-electron chi connectivity index (χ4n) is 4.48. The maximum atomic E-state index is 5.41. The summed E-state index contributed by atoms with van der Waals surface area (Å²) in [5.41, 5.74) is 4.74. The number of benzene rings is 3. The van der Waals surface area contributed by atoms with Crippen LogP contribution in [0.4, 0.5) is 0 Å². The number of methoxy groups -OCH3 is 1. The lowest BCUT2D eigenvalue weighted by atomic mass is 10.0. The Kier molecular flexibility index (Phi) is 5.69. The number of para-hydroxylation sites is 2. The molecule has 1 atom stereocenters. The largest absolute Gasteiger partial charge is 0.497 e. The van der Waals surface area contributed by atoms with Gasteiger partial charge in [0.2, 0.25) is 0 Å². The van der Waals surface area contributed by atoms with Gasteiger partial charge in [0.15, 0.2) is 0 Å². The molecule has 0 bridgehead atoms. The zero-order chi connectivity index (χ0) is 21.0. The second kappa shape index (κ2) is 8.92. The highest BCUT2D eigenvalue weighted by Gasteiger charge is 2.29. The van der Waals surface area contributed by atoms with Gasteiger partial charge in [0, 0.05) is 32.7 Å². The van der Waals surface area contributed by atoms with Crippen LogP contribution in [0.2, 0.25) is 0 Å². The van der Waals surface area contributed by atoms with Crippen molar-refractivity contribution in [3.8, 4) is 5.75 Å². The smallest absolute Gasteiger partial charge is 0.132 e. The highest BCUT2D eigenvalue weighted by atomic mass is 16.5. The fraction of sp³-hybridized carbons (Fsp3) is 0.269. The monoisotopic (exact) mass is 412 g/mol. The van der Waals surface area contributed by atoms with Gasteiger partial charge in [0.1, 0.15) is 11.6 Å². The molecule has 0 saturated carbocycles. The number of imidazole rings is 1. The third-order valence-corrected chi connectivity index (χ3v) is 6.06. The summed E-state index contributed by atoms with van der Waals surface area (Å²) in [4.78, 5) is 7.72. The molecule has 1 aromatic heterocycles. The number of ether oxygens (including phenoxy) is 1. The summed E-state index contributed by atoms with van der Waals surface area (Å²) in [5, 5.41) is 3.48. The average molecular weight is 413 g/mol. The second-order valence-electron chi connectivity index (χ2n) is 7.99. The average Bonchev–Trinajstić information content (AvgIpc) is 3.19. The molecular weight excluding hydrogens is 384 g/mol. The van der Waals surface area contributed by atoms with E-state index in [-0.39, 0.29) is 6.04 Å². The number of aromatic nitrogens is 2. The molecule has 5 nitrogen and oxygen atoms in total. The van der Waals surface area contributed by atoms with Gasteiger partial charge in [0.05, 0.1) is 24.2 Å². The molecule has 0 radical (unpaired) electrons. The molecule has 4 aromatic rings. The molecule has 1 aliphatic heterocycles. The number of piperazine rings is 1. The predicted molar refractivity (Wildman–Crippen MR) is 125 cm³/mol. The molecule has 2 heterocycles. The second-order valence-corrected chi connectivity index (χ2v) is 7.99. The zero-order valence-electron chi connectivity index (χ0n) is 17.9. The van der Waals surface area contributed by atoms with E-state index in [9.17, 15) is 0 Å². The van der Waals surface area contributed by atoms with Gasteiger partial charge in [0.25, 0.3) is 0 Å². The number of hydrogen-bond acceptors (Lipinski definition) is 4. The normalized spacial score (nSPS) is 15.8. The van der Waals surface area contributed by atoms with Gasteiger partial charge in [-0.3, -0.25) is 4.90 Å². The van der Waals surface area contributed by atoms with E-state index < -0.39 is 0 Å². The Balaban J connectivity index is 1.65. The van der Waals surface area contributed by atoms with Crippen LogP contribution in [0.1, 0.15) is 23.0 Å². The summed E-state index contributed by atoms with van der Waals surface area (Å²) >= 11 is 0. The van der Waals surface area contributed by atoms with Crippen molar-refractivity contribution in [1.29, 1.82) is 0 Å². The number of nitrogens with one attached hydrogen (secondary N) is 1. The van der Waals surface area contributed by atoms with E-state index in [1.165, 1.54) is 16.6 Å². The lowest BCUT2D eigenvalue weighted by Gasteiger charge is -2.35. The van der Waals surface area contributed by atoms with Gasteiger partial charge in [-0.25, -0.2) is 4.98 Å². The molecule has 0 amide bonds. The van der Waals surface area contributed by atoms with Gasteiger partial charge in [-0.05, 0) is 35.4 Å². The SMILES string of the molecule is COc1ccc(C(c2nc3ccccc3n2Cc2ccccc2)N2CCNCC2)cc1. The first kappa shape index (κ1) is 19.8. The minimum Gasteiger partial charge on any atom is -0.497 e. The van der Waals surface area contributed by atoms with Gasteiger partial charge in [-0.15, -0.1) is 0 Å². The van der Waals surface area contributed by atoms with Crippen LogP contribution in [-0.4, -0.2) is 47.7 Å². The van der Waals surface area contributed by atoms with Gasteiger partial charge in [-0.1, -0.05) is 54.6 Å². The molecule has 158 valence electrons. The summed E-state index contributed by atoms with van der Waals surface area (Å²) < 4.78 is 7.80. The molecule has 3 aromatic carbocycles. The Labute approximate surface area is 183 Å². The molecule has 1 fully saturated rings. The molecule has 5 heteroatoms. The summed E-state index contributed by atoms with van der Waals surface area (Å²) in [6.45, 7) is 4.77. The Bertz CT molecular complexity index is 1130. The first-order valence-corrected chi connectivity index (χ1v) is 10.9. The quantitative estimate of drug-likeness (QED) is 0.518. The number of hydrogen-bond donors (Lipinski definition) is 1. The van der Waals surface area contributed by atoms with Crippen molar-refractivity contribution in [2.24, 2.45) is 0 Å². The first-order chi connectivity index (χ1) is 15.3.